The van der Waals surface area contributed by atoms with Gasteiger partial charge in [-0.15, -0.1) is 0 Å². The van der Waals surface area contributed by atoms with Crippen molar-refractivity contribution in [3.05, 3.63) is 17.5 Å². The molecule has 1 heterocycles. The summed E-state index contributed by atoms with van der Waals surface area (Å²) in [6, 6.07) is 0. The smallest absolute Gasteiger partial charge is 0.0851 e. The van der Waals surface area contributed by atoms with Gasteiger partial charge >= 0.3 is 0 Å². The van der Waals surface area contributed by atoms with Crippen LogP contribution in [-0.2, 0) is 13.5 Å². The molecule has 0 bridgehead atoms. The molecule has 1 aromatic rings. The molecular formula is C11H18N2O. The lowest BCUT2D eigenvalue weighted by Crippen LogP contribution is -2.20. The monoisotopic (exact) mass is 194 g/mol. The Kier molecular flexibility index (Phi) is 2.59. The molecule has 3 heteroatoms. The summed E-state index contributed by atoms with van der Waals surface area (Å²) in [4.78, 5) is 0. The fourth-order valence-electron chi connectivity index (χ4n) is 2.08. The van der Waals surface area contributed by atoms with E-state index >= 15 is 0 Å². The summed E-state index contributed by atoms with van der Waals surface area (Å²) < 4.78 is 1.80. The van der Waals surface area contributed by atoms with Gasteiger partial charge in [-0.3, -0.25) is 4.68 Å². The molecule has 0 amide bonds. The van der Waals surface area contributed by atoms with Crippen molar-refractivity contribution in [3.63, 3.8) is 0 Å². The molecule has 1 N–H and O–H groups in total. The summed E-state index contributed by atoms with van der Waals surface area (Å²) in [7, 11) is 1.91. The van der Waals surface area contributed by atoms with Gasteiger partial charge in [0.25, 0.3) is 0 Å². The van der Waals surface area contributed by atoms with Crippen molar-refractivity contribution >= 4 is 0 Å². The van der Waals surface area contributed by atoms with Crippen molar-refractivity contribution in [1.82, 2.24) is 9.78 Å². The third-order valence-electron chi connectivity index (χ3n) is 3.19. The largest absolute Gasteiger partial charge is 0.388 e. The van der Waals surface area contributed by atoms with Crippen molar-refractivity contribution in [2.24, 2.45) is 13.0 Å². The van der Waals surface area contributed by atoms with Crippen LogP contribution in [0.1, 0.15) is 43.5 Å². The molecule has 0 aliphatic heterocycles. The number of nitrogens with zero attached hydrogens (tertiary/aromatic N) is 2. The molecule has 3 nitrogen and oxygen atoms in total. The predicted octanol–water partition coefficient (Wildman–Crippen LogP) is 1.82. The summed E-state index contributed by atoms with van der Waals surface area (Å²) in [5.41, 5.74) is 2.09. The average molecular weight is 194 g/mol. The van der Waals surface area contributed by atoms with Crippen LogP contribution >= 0.6 is 0 Å². The molecule has 2 rings (SSSR count). The van der Waals surface area contributed by atoms with Crippen molar-refractivity contribution in [1.29, 1.82) is 0 Å². The lowest BCUT2D eigenvalue weighted by atomic mass is 9.79. The standard InChI is InChI=1S/C11H18N2O/c1-3-10-9(7-13(2)12-10)11(14)8-5-4-6-8/h7-8,11,14H,3-6H2,1-2H3. The van der Waals surface area contributed by atoms with Crippen LogP contribution in [0.25, 0.3) is 0 Å². The van der Waals surface area contributed by atoms with Crippen LogP contribution in [0.4, 0.5) is 0 Å². The summed E-state index contributed by atoms with van der Waals surface area (Å²) in [6.45, 7) is 2.08. The molecule has 1 aliphatic carbocycles. The maximum Gasteiger partial charge on any atom is 0.0851 e. The van der Waals surface area contributed by atoms with Crippen molar-refractivity contribution in [2.75, 3.05) is 0 Å². The number of hydrogen-bond acceptors (Lipinski definition) is 2. The zero-order chi connectivity index (χ0) is 10.1. The molecule has 0 aromatic carbocycles. The third-order valence-corrected chi connectivity index (χ3v) is 3.19. The highest BCUT2D eigenvalue weighted by molar-refractivity contribution is 5.21. The Bertz CT molecular complexity index is 315. The number of aliphatic hydroxyl groups excluding tert-OH is 1. The van der Waals surface area contributed by atoms with Gasteiger partial charge in [0.15, 0.2) is 0 Å². The van der Waals surface area contributed by atoms with Crippen LogP contribution in [0.5, 0.6) is 0 Å². The Hall–Kier alpha value is -0.830. The molecule has 1 atom stereocenters. The van der Waals surface area contributed by atoms with Gasteiger partial charge in [0.2, 0.25) is 0 Å². The maximum absolute atomic E-state index is 10.1. The molecule has 1 aliphatic rings. The van der Waals surface area contributed by atoms with Crippen LogP contribution in [0.15, 0.2) is 6.20 Å². The molecule has 1 unspecified atom stereocenters. The molecule has 1 aromatic heterocycles. The number of aliphatic hydroxyl groups is 1. The Morgan fingerprint density at radius 3 is 2.86 bits per heavy atom. The first-order chi connectivity index (χ1) is 6.72. The van der Waals surface area contributed by atoms with Gasteiger partial charge in [0, 0.05) is 18.8 Å². The van der Waals surface area contributed by atoms with Crippen molar-refractivity contribution in [3.8, 4) is 0 Å². The van der Waals surface area contributed by atoms with E-state index in [1.54, 1.807) is 4.68 Å². The van der Waals surface area contributed by atoms with Gasteiger partial charge in [-0.2, -0.15) is 5.10 Å². The van der Waals surface area contributed by atoms with Gasteiger partial charge in [0.1, 0.15) is 0 Å². The van der Waals surface area contributed by atoms with Gasteiger partial charge < -0.3 is 5.11 Å². The second-order valence-corrected chi connectivity index (χ2v) is 4.19. The quantitative estimate of drug-likeness (QED) is 0.797. The molecule has 1 fully saturated rings. The van der Waals surface area contributed by atoms with E-state index in [-0.39, 0.29) is 6.10 Å². The average Bonchev–Trinajstić information content (AvgIpc) is 2.43. The highest BCUT2D eigenvalue weighted by Crippen LogP contribution is 2.38. The first-order valence-electron chi connectivity index (χ1n) is 5.43. The highest BCUT2D eigenvalue weighted by Gasteiger charge is 2.29. The Morgan fingerprint density at radius 2 is 2.36 bits per heavy atom. The van der Waals surface area contributed by atoms with E-state index in [1.807, 2.05) is 13.2 Å². The fourth-order valence-corrected chi connectivity index (χ4v) is 2.08. The first kappa shape index (κ1) is 9.71. The van der Waals surface area contributed by atoms with E-state index < -0.39 is 0 Å². The summed E-state index contributed by atoms with van der Waals surface area (Å²) in [6.07, 6.45) is 6.18. The summed E-state index contributed by atoms with van der Waals surface area (Å²) in [5.74, 6) is 0.476. The molecule has 0 radical (unpaired) electrons. The van der Waals surface area contributed by atoms with Crippen molar-refractivity contribution < 1.29 is 5.11 Å². The van der Waals surface area contributed by atoms with E-state index in [2.05, 4.69) is 12.0 Å². The lowest BCUT2D eigenvalue weighted by molar-refractivity contribution is 0.0614. The van der Waals surface area contributed by atoms with Crippen LogP contribution in [-0.4, -0.2) is 14.9 Å². The van der Waals surface area contributed by atoms with Crippen LogP contribution in [0.2, 0.25) is 0 Å². The van der Waals surface area contributed by atoms with Crippen LogP contribution < -0.4 is 0 Å². The maximum atomic E-state index is 10.1. The van der Waals surface area contributed by atoms with Crippen LogP contribution in [0.3, 0.4) is 0 Å². The molecule has 0 saturated heterocycles. The zero-order valence-electron chi connectivity index (χ0n) is 8.90. The number of rotatable bonds is 3. The third kappa shape index (κ3) is 1.57. The Labute approximate surface area is 84.7 Å². The van der Waals surface area contributed by atoms with Crippen LogP contribution in [0, 0.1) is 5.92 Å². The van der Waals surface area contributed by atoms with Gasteiger partial charge in [-0.1, -0.05) is 13.3 Å². The highest BCUT2D eigenvalue weighted by atomic mass is 16.3. The Balaban J connectivity index is 2.20. The fraction of sp³-hybridized carbons (Fsp3) is 0.727. The first-order valence-corrected chi connectivity index (χ1v) is 5.43. The van der Waals surface area contributed by atoms with E-state index in [4.69, 9.17) is 0 Å². The van der Waals surface area contributed by atoms with Gasteiger partial charge in [-0.25, -0.2) is 0 Å². The molecule has 1 saturated carbocycles. The second-order valence-electron chi connectivity index (χ2n) is 4.19. The number of aromatic nitrogens is 2. The lowest BCUT2D eigenvalue weighted by Gasteiger charge is -2.30. The normalized spacial score (nSPS) is 19.4. The molecule has 78 valence electrons. The summed E-state index contributed by atoms with van der Waals surface area (Å²) >= 11 is 0. The molecule has 0 spiro atoms. The van der Waals surface area contributed by atoms with E-state index in [1.165, 1.54) is 19.3 Å². The minimum absolute atomic E-state index is 0.285. The van der Waals surface area contributed by atoms with E-state index in [0.29, 0.717) is 5.92 Å². The molecule has 14 heavy (non-hydrogen) atoms. The van der Waals surface area contributed by atoms with E-state index in [9.17, 15) is 5.11 Å². The second kappa shape index (κ2) is 3.73. The SMILES string of the molecule is CCc1nn(C)cc1C(O)C1CCC1. The number of aryl methyl sites for hydroxylation is 2. The Morgan fingerprint density at radius 1 is 1.64 bits per heavy atom. The van der Waals surface area contributed by atoms with Crippen molar-refractivity contribution in [2.45, 2.75) is 38.7 Å². The summed E-state index contributed by atoms with van der Waals surface area (Å²) in [5, 5.41) is 14.5. The number of hydrogen-bond donors (Lipinski definition) is 1. The van der Waals surface area contributed by atoms with Gasteiger partial charge in [-0.05, 0) is 25.2 Å². The zero-order valence-corrected chi connectivity index (χ0v) is 8.90. The predicted molar refractivity (Wildman–Crippen MR) is 54.9 cm³/mol. The van der Waals surface area contributed by atoms with E-state index in [0.717, 1.165) is 17.7 Å². The minimum Gasteiger partial charge on any atom is -0.388 e. The molecular weight excluding hydrogens is 176 g/mol. The minimum atomic E-state index is -0.285. The van der Waals surface area contributed by atoms with Gasteiger partial charge in [0.05, 0.1) is 11.8 Å². The topological polar surface area (TPSA) is 38.0 Å².